The number of nitrogen functional groups attached to an aromatic ring is 1. The van der Waals surface area contributed by atoms with Crippen LogP contribution in [0.1, 0.15) is 19.7 Å². The Morgan fingerprint density at radius 1 is 1.35 bits per heavy atom. The summed E-state index contributed by atoms with van der Waals surface area (Å²) in [5.41, 5.74) is 8.31. The van der Waals surface area contributed by atoms with Gasteiger partial charge in [-0.25, -0.2) is 4.98 Å². The quantitative estimate of drug-likeness (QED) is 0.848. The number of anilines is 1. The number of benzene rings is 1. The van der Waals surface area contributed by atoms with Crippen molar-refractivity contribution in [3.8, 4) is 0 Å². The zero-order chi connectivity index (χ0) is 14.3. The SMILES string of the molecule is CN1CCN(Cc2nc3ccc(N)cc3o2)CC1(C)C. The second kappa shape index (κ2) is 4.75. The first-order chi connectivity index (χ1) is 9.44. The highest BCUT2D eigenvalue weighted by molar-refractivity contribution is 5.76. The van der Waals surface area contributed by atoms with Crippen LogP contribution in [0.2, 0.25) is 0 Å². The predicted molar refractivity (Wildman–Crippen MR) is 80.4 cm³/mol. The van der Waals surface area contributed by atoms with Gasteiger partial charge in [-0.1, -0.05) is 0 Å². The van der Waals surface area contributed by atoms with Crippen molar-refractivity contribution in [2.75, 3.05) is 32.4 Å². The molecule has 3 rings (SSSR count). The molecule has 20 heavy (non-hydrogen) atoms. The van der Waals surface area contributed by atoms with Gasteiger partial charge in [0.05, 0.1) is 6.54 Å². The molecule has 5 nitrogen and oxygen atoms in total. The number of rotatable bonds is 2. The first-order valence-corrected chi connectivity index (χ1v) is 7.03. The van der Waals surface area contributed by atoms with Gasteiger partial charge in [-0.2, -0.15) is 0 Å². The van der Waals surface area contributed by atoms with E-state index in [1.165, 1.54) is 0 Å². The third-order valence-corrected chi connectivity index (χ3v) is 4.21. The van der Waals surface area contributed by atoms with Crippen molar-refractivity contribution in [2.45, 2.75) is 25.9 Å². The second-order valence-electron chi connectivity index (χ2n) is 6.28. The highest BCUT2D eigenvalue weighted by Gasteiger charge is 2.31. The van der Waals surface area contributed by atoms with E-state index in [0.29, 0.717) is 5.69 Å². The monoisotopic (exact) mass is 274 g/mol. The summed E-state index contributed by atoms with van der Waals surface area (Å²) in [4.78, 5) is 9.33. The van der Waals surface area contributed by atoms with Crippen LogP contribution in [-0.2, 0) is 6.54 Å². The van der Waals surface area contributed by atoms with Gasteiger partial charge in [0.15, 0.2) is 5.58 Å². The Hall–Kier alpha value is -1.59. The number of hydrogen-bond donors (Lipinski definition) is 1. The molecule has 5 heteroatoms. The second-order valence-corrected chi connectivity index (χ2v) is 6.28. The van der Waals surface area contributed by atoms with Crippen LogP contribution in [0.3, 0.4) is 0 Å². The minimum atomic E-state index is 0.189. The Morgan fingerprint density at radius 2 is 2.15 bits per heavy atom. The third-order valence-electron chi connectivity index (χ3n) is 4.21. The van der Waals surface area contributed by atoms with Gasteiger partial charge in [0.1, 0.15) is 5.52 Å². The standard InChI is InChI=1S/C15H22N4O/c1-15(2)10-19(7-6-18(15)3)9-14-17-12-5-4-11(16)8-13(12)20-14/h4-5,8H,6-7,9-10,16H2,1-3H3. The first kappa shape index (κ1) is 13.4. The molecule has 0 aliphatic carbocycles. The average molecular weight is 274 g/mol. The lowest BCUT2D eigenvalue weighted by molar-refractivity contribution is 0.0322. The molecule has 108 valence electrons. The van der Waals surface area contributed by atoms with Crippen LogP contribution >= 0.6 is 0 Å². The van der Waals surface area contributed by atoms with Gasteiger partial charge < -0.3 is 10.2 Å². The van der Waals surface area contributed by atoms with Crippen molar-refractivity contribution in [1.29, 1.82) is 0 Å². The molecule has 0 saturated carbocycles. The van der Waals surface area contributed by atoms with Gasteiger partial charge in [-0.3, -0.25) is 9.80 Å². The van der Waals surface area contributed by atoms with Crippen molar-refractivity contribution in [1.82, 2.24) is 14.8 Å². The Labute approximate surface area is 119 Å². The van der Waals surface area contributed by atoms with Crippen molar-refractivity contribution >= 4 is 16.8 Å². The number of nitrogens with two attached hydrogens (primary N) is 1. The molecule has 1 aliphatic heterocycles. The maximum absolute atomic E-state index is 5.80. The predicted octanol–water partition coefficient (Wildman–Crippen LogP) is 1.94. The molecule has 1 fully saturated rings. The fourth-order valence-electron chi connectivity index (χ4n) is 2.72. The maximum atomic E-state index is 5.80. The third kappa shape index (κ3) is 2.51. The Morgan fingerprint density at radius 3 is 2.90 bits per heavy atom. The maximum Gasteiger partial charge on any atom is 0.209 e. The molecule has 0 radical (unpaired) electrons. The molecule has 2 aromatic rings. The van der Waals surface area contributed by atoms with E-state index < -0.39 is 0 Å². The molecular formula is C15H22N4O. The molecule has 0 unspecified atom stereocenters. The highest BCUT2D eigenvalue weighted by atomic mass is 16.3. The lowest BCUT2D eigenvalue weighted by atomic mass is 10.00. The molecule has 2 heterocycles. The smallest absolute Gasteiger partial charge is 0.209 e. The topological polar surface area (TPSA) is 58.5 Å². The summed E-state index contributed by atoms with van der Waals surface area (Å²) in [5.74, 6) is 0.769. The molecule has 0 amide bonds. The summed E-state index contributed by atoms with van der Waals surface area (Å²) >= 11 is 0. The van der Waals surface area contributed by atoms with Crippen LogP contribution < -0.4 is 5.73 Å². The Balaban J connectivity index is 1.76. The van der Waals surface area contributed by atoms with Crippen molar-refractivity contribution in [3.05, 3.63) is 24.1 Å². The van der Waals surface area contributed by atoms with Crippen LogP contribution in [0.15, 0.2) is 22.6 Å². The summed E-state index contributed by atoms with van der Waals surface area (Å²) < 4.78 is 5.80. The van der Waals surface area contributed by atoms with E-state index in [1.807, 2.05) is 18.2 Å². The molecule has 0 atom stereocenters. The van der Waals surface area contributed by atoms with E-state index in [-0.39, 0.29) is 5.54 Å². The Kier molecular flexibility index (Phi) is 3.18. The summed E-state index contributed by atoms with van der Waals surface area (Å²) in [6.45, 7) is 8.43. The first-order valence-electron chi connectivity index (χ1n) is 7.03. The molecule has 0 bridgehead atoms. The van der Waals surface area contributed by atoms with Crippen molar-refractivity contribution in [2.24, 2.45) is 0 Å². The van der Waals surface area contributed by atoms with Crippen LogP contribution in [0, 0.1) is 0 Å². The van der Waals surface area contributed by atoms with Gasteiger partial charge in [-0.15, -0.1) is 0 Å². The highest BCUT2D eigenvalue weighted by Crippen LogP contribution is 2.23. The number of likely N-dealkylation sites (N-methyl/N-ethyl adjacent to an activating group) is 1. The largest absolute Gasteiger partial charge is 0.439 e. The fraction of sp³-hybridized carbons (Fsp3) is 0.533. The number of oxazole rings is 1. The van der Waals surface area contributed by atoms with E-state index in [1.54, 1.807) is 0 Å². The molecule has 1 saturated heterocycles. The van der Waals surface area contributed by atoms with E-state index in [2.05, 4.69) is 35.7 Å². The molecule has 2 N–H and O–H groups in total. The molecule has 0 spiro atoms. The van der Waals surface area contributed by atoms with Gasteiger partial charge >= 0.3 is 0 Å². The average Bonchev–Trinajstić information content (AvgIpc) is 2.75. The van der Waals surface area contributed by atoms with E-state index in [0.717, 1.165) is 43.2 Å². The summed E-state index contributed by atoms with van der Waals surface area (Å²) in [7, 11) is 2.18. The van der Waals surface area contributed by atoms with Crippen molar-refractivity contribution < 1.29 is 4.42 Å². The van der Waals surface area contributed by atoms with E-state index in [4.69, 9.17) is 10.2 Å². The Bertz CT molecular complexity index is 619. The van der Waals surface area contributed by atoms with E-state index >= 15 is 0 Å². The van der Waals surface area contributed by atoms with Crippen LogP contribution in [0.5, 0.6) is 0 Å². The normalized spacial score (nSPS) is 20.6. The number of piperazine rings is 1. The molecule has 1 aliphatic rings. The summed E-state index contributed by atoms with van der Waals surface area (Å²) in [6, 6.07) is 5.60. The van der Waals surface area contributed by atoms with Gasteiger partial charge in [0.2, 0.25) is 5.89 Å². The van der Waals surface area contributed by atoms with Gasteiger partial charge in [-0.05, 0) is 33.0 Å². The molecule has 1 aromatic carbocycles. The number of hydrogen-bond acceptors (Lipinski definition) is 5. The summed E-state index contributed by atoms with van der Waals surface area (Å²) in [6.07, 6.45) is 0. The fourth-order valence-corrected chi connectivity index (χ4v) is 2.72. The van der Waals surface area contributed by atoms with Crippen LogP contribution in [-0.4, -0.2) is 47.0 Å². The molecular weight excluding hydrogens is 252 g/mol. The van der Waals surface area contributed by atoms with E-state index in [9.17, 15) is 0 Å². The van der Waals surface area contributed by atoms with Crippen molar-refractivity contribution in [3.63, 3.8) is 0 Å². The zero-order valence-electron chi connectivity index (χ0n) is 12.4. The molecule has 1 aromatic heterocycles. The number of fused-ring (bicyclic) bond motifs is 1. The van der Waals surface area contributed by atoms with Crippen LogP contribution in [0.4, 0.5) is 5.69 Å². The lowest BCUT2D eigenvalue weighted by Gasteiger charge is -2.45. The number of nitrogens with zero attached hydrogens (tertiary/aromatic N) is 3. The summed E-state index contributed by atoms with van der Waals surface area (Å²) in [5, 5.41) is 0. The zero-order valence-corrected chi connectivity index (χ0v) is 12.4. The minimum absolute atomic E-state index is 0.189. The van der Waals surface area contributed by atoms with Crippen LogP contribution in [0.25, 0.3) is 11.1 Å². The van der Waals surface area contributed by atoms with Gasteiger partial charge in [0, 0.05) is 36.9 Å². The number of aromatic nitrogens is 1. The lowest BCUT2D eigenvalue weighted by Crippen LogP contribution is -2.57. The van der Waals surface area contributed by atoms with Gasteiger partial charge in [0.25, 0.3) is 0 Å². The minimum Gasteiger partial charge on any atom is -0.439 e.